The predicted octanol–water partition coefficient (Wildman–Crippen LogP) is 1.63. The van der Waals surface area contributed by atoms with Gasteiger partial charge < -0.3 is 10.2 Å². The lowest BCUT2D eigenvalue weighted by molar-refractivity contribution is -0.131. The van der Waals surface area contributed by atoms with E-state index in [4.69, 9.17) is 5.26 Å². The van der Waals surface area contributed by atoms with Crippen LogP contribution in [0.3, 0.4) is 0 Å². The molecule has 2 aromatic heterocycles. The molecule has 1 aliphatic rings. The van der Waals surface area contributed by atoms with Gasteiger partial charge in [-0.05, 0) is 12.1 Å². The third-order valence-corrected chi connectivity index (χ3v) is 4.18. The van der Waals surface area contributed by atoms with Gasteiger partial charge in [-0.15, -0.1) is 0 Å². The fourth-order valence-electron chi connectivity index (χ4n) is 2.89. The first-order valence-corrected chi connectivity index (χ1v) is 8.11. The van der Waals surface area contributed by atoms with Gasteiger partial charge in [0.2, 0.25) is 5.91 Å². The molecule has 27 heavy (non-hydrogen) atoms. The third kappa shape index (κ3) is 4.06. The van der Waals surface area contributed by atoms with Crippen LogP contribution in [0.5, 0.6) is 0 Å². The fourth-order valence-corrected chi connectivity index (χ4v) is 2.89. The average molecular weight is 371 g/mol. The molecule has 1 fully saturated rings. The summed E-state index contributed by atoms with van der Waals surface area (Å²) in [6.45, 7) is -1.31. The lowest BCUT2D eigenvalue weighted by atomic mass is 10.0. The van der Waals surface area contributed by atoms with Gasteiger partial charge in [0, 0.05) is 42.3 Å². The molecule has 0 aromatic carbocycles. The Bertz CT molecular complexity index is 898. The van der Waals surface area contributed by atoms with Crippen molar-refractivity contribution >= 4 is 11.8 Å². The van der Waals surface area contributed by atoms with Crippen molar-refractivity contribution < 1.29 is 18.4 Å². The van der Waals surface area contributed by atoms with Crippen LogP contribution in [-0.2, 0) is 4.79 Å². The number of alkyl halides is 2. The number of carbonyl (C=O) groups is 2. The monoisotopic (exact) mass is 371 g/mol. The first-order chi connectivity index (χ1) is 12.9. The minimum atomic E-state index is -3.10. The number of likely N-dealkylation sites (tertiary alicyclic amines) is 1. The largest absolute Gasteiger partial charge is 0.343 e. The highest BCUT2D eigenvalue weighted by Gasteiger charge is 2.47. The van der Waals surface area contributed by atoms with E-state index in [1.165, 1.54) is 18.5 Å². The molecule has 7 nitrogen and oxygen atoms in total. The fraction of sp³-hybridized carbons (Fsp3) is 0.278. The Kier molecular flexibility index (Phi) is 5.07. The van der Waals surface area contributed by atoms with Crippen molar-refractivity contribution in [2.75, 3.05) is 13.1 Å². The van der Waals surface area contributed by atoms with E-state index in [0.717, 1.165) is 4.90 Å². The van der Waals surface area contributed by atoms with Gasteiger partial charge in [-0.1, -0.05) is 6.07 Å². The summed E-state index contributed by atoms with van der Waals surface area (Å²) < 4.78 is 26.9. The van der Waals surface area contributed by atoms with Crippen molar-refractivity contribution in [2.24, 2.45) is 0 Å². The van der Waals surface area contributed by atoms with Crippen molar-refractivity contribution in [3.8, 4) is 17.2 Å². The van der Waals surface area contributed by atoms with Crippen LogP contribution in [0, 0.1) is 11.3 Å². The number of aromatic nitrogens is 2. The highest BCUT2D eigenvalue weighted by molar-refractivity contribution is 6.01. The summed E-state index contributed by atoms with van der Waals surface area (Å²) >= 11 is 0. The number of hydrogen-bond donors (Lipinski definition) is 1. The van der Waals surface area contributed by atoms with Crippen LogP contribution >= 0.6 is 0 Å². The summed E-state index contributed by atoms with van der Waals surface area (Å²) in [5, 5.41) is 11.4. The van der Waals surface area contributed by atoms with Crippen LogP contribution in [0.15, 0.2) is 43.0 Å². The molecule has 3 heterocycles. The number of nitriles is 1. The lowest BCUT2D eigenvalue weighted by Gasteiger charge is -2.19. The van der Waals surface area contributed by atoms with Gasteiger partial charge in [-0.25, -0.2) is 8.78 Å². The molecule has 1 aliphatic heterocycles. The number of nitrogens with one attached hydrogen (secondary N) is 1. The van der Waals surface area contributed by atoms with E-state index in [9.17, 15) is 18.4 Å². The zero-order valence-corrected chi connectivity index (χ0v) is 14.1. The number of carbonyl (C=O) groups excluding carboxylic acids is 2. The molecule has 0 aliphatic carbocycles. The smallest absolute Gasteiger partial charge is 0.268 e. The van der Waals surface area contributed by atoms with E-state index in [2.05, 4.69) is 15.3 Å². The van der Waals surface area contributed by atoms with Crippen LogP contribution in [0.1, 0.15) is 16.8 Å². The molecule has 2 amide bonds. The number of nitrogens with zero attached hydrogens (tertiary/aromatic N) is 4. The second-order valence-electron chi connectivity index (χ2n) is 6.07. The van der Waals surface area contributed by atoms with Crippen molar-refractivity contribution in [1.29, 1.82) is 5.26 Å². The maximum absolute atomic E-state index is 13.5. The van der Waals surface area contributed by atoms with E-state index < -0.39 is 43.3 Å². The minimum absolute atomic E-state index is 0.273. The minimum Gasteiger partial charge on any atom is -0.343 e. The summed E-state index contributed by atoms with van der Waals surface area (Å²) in [6, 6.07) is 5.46. The zero-order chi connectivity index (χ0) is 19.4. The van der Waals surface area contributed by atoms with Gasteiger partial charge in [-0.2, -0.15) is 5.26 Å². The molecule has 3 rings (SSSR count). The Hall–Kier alpha value is -3.41. The van der Waals surface area contributed by atoms with Crippen molar-refractivity contribution in [3.05, 3.63) is 48.5 Å². The van der Waals surface area contributed by atoms with E-state index >= 15 is 0 Å². The Labute approximate surface area is 153 Å². The van der Waals surface area contributed by atoms with Gasteiger partial charge in [0.1, 0.15) is 6.04 Å². The van der Waals surface area contributed by atoms with Crippen LogP contribution in [0.4, 0.5) is 8.78 Å². The Morgan fingerprint density at radius 1 is 1.30 bits per heavy atom. The molecule has 138 valence electrons. The second-order valence-corrected chi connectivity index (χ2v) is 6.07. The maximum atomic E-state index is 13.5. The number of rotatable bonds is 4. The SMILES string of the molecule is N#C[C@@H]1CC(F)(F)CN1C(=O)CNC(=O)c1ccncc1-c1cccnc1. The first-order valence-electron chi connectivity index (χ1n) is 8.11. The van der Waals surface area contributed by atoms with E-state index in [1.807, 2.05) is 0 Å². The third-order valence-electron chi connectivity index (χ3n) is 4.18. The highest BCUT2D eigenvalue weighted by Crippen LogP contribution is 2.31. The van der Waals surface area contributed by atoms with Gasteiger partial charge in [0.15, 0.2) is 0 Å². The summed E-state index contributed by atoms with van der Waals surface area (Å²) in [6.07, 6.45) is 5.40. The van der Waals surface area contributed by atoms with Crippen LogP contribution in [-0.4, -0.2) is 51.7 Å². The summed E-state index contributed by atoms with van der Waals surface area (Å²) in [5.74, 6) is -4.38. The molecule has 1 N–H and O–H groups in total. The number of amides is 2. The molecule has 0 spiro atoms. The average Bonchev–Trinajstić information content (AvgIpc) is 3.01. The predicted molar refractivity (Wildman–Crippen MR) is 90.5 cm³/mol. The maximum Gasteiger partial charge on any atom is 0.268 e. The van der Waals surface area contributed by atoms with Crippen LogP contribution in [0.25, 0.3) is 11.1 Å². The van der Waals surface area contributed by atoms with Crippen molar-refractivity contribution in [1.82, 2.24) is 20.2 Å². The lowest BCUT2D eigenvalue weighted by Crippen LogP contribution is -2.43. The topological polar surface area (TPSA) is 99.0 Å². The zero-order valence-electron chi connectivity index (χ0n) is 14.1. The summed E-state index contributed by atoms with van der Waals surface area (Å²) in [5.41, 5.74) is 1.47. The Morgan fingerprint density at radius 3 is 2.78 bits per heavy atom. The van der Waals surface area contributed by atoms with Gasteiger partial charge in [0.25, 0.3) is 11.8 Å². The molecule has 9 heteroatoms. The van der Waals surface area contributed by atoms with Crippen molar-refractivity contribution in [2.45, 2.75) is 18.4 Å². The van der Waals surface area contributed by atoms with E-state index in [1.54, 1.807) is 30.6 Å². The van der Waals surface area contributed by atoms with Crippen molar-refractivity contribution in [3.63, 3.8) is 0 Å². The summed E-state index contributed by atoms with van der Waals surface area (Å²) in [4.78, 5) is 33.5. The van der Waals surface area contributed by atoms with E-state index in [0.29, 0.717) is 11.1 Å². The quantitative estimate of drug-likeness (QED) is 0.881. The summed E-state index contributed by atoms with van der Waals surface area (Å²) in [7, 11) is 0. The first kappa shape index (κ1) is 18.4. The normalized spacial score (nSPS) is 18.0. The molecule has 0 bridgehead atoms. The van der Waals surface area contributed by atoms with Gasteiger partial charge >= 0.3 is 0 Å². The molecular weight excluding hydrogens is 356 g/mol. The Balaban J connectivity index is 1.71. The number of pyridine rings is 2. The molecule has 0 unspecified atom stereocenters. The molecule has 1 atom stereocenters. The molecule has 1 saturated heterocycles. The second kappa shape index (κ2) is 7.45. The number of halogens is 2. The standard InChI is InChI=1S/C18H15F2N5O2/c19-18(20)6-13(7-21)25(11-18)16(26)10-24-17(27)14-3-5-23-9-15(14)12-2-1-4-22-8-12/h1-5,8-9,13H,6,10-11H2,(H,24,27)/t13-/m0/s1. The van der Waals surface area contributed by atoms with Gasteiger partial charge in [-0.3, -0.25) is 19.6 Å². The van der Waals surface area contributed by atoms with Crippen LogP contribution in [0.2, 0.25) is 0 Å². The number of hydrogen-bond acceptors (Lipinski definition) is 5. The molecular formula is C18H15F2N5O2. The molecule has 2 aromatic rings. The van der Waals surface area contributed by atoms with Crippen LogP contribution < -0.4 is 5.32 Å². The molecule has 0 radical (unpaired) electrons. The van der Waals surface area contributed by atoms with Gasteiger partial charge in [0.05, 0.1) is 24.7 Å². The highest BCUT2D eigenvalue weighted by atomic mass is 19.3. The van der Waals surface area contributed by atoms with E-state index in [-0.39, 0.29) is 5.56 Å². The molecule has 0 saturated carbocycles. The Morgan fingerprint density at radius 2 is 2.07 bits per heavy atom.